The molecule has 5 heteroatoms. The van der Waals surface area contributed by atoms with Crippen LogP contribution in [0.5, 0.6) is 0 Å². The van der Waals surface area contributed by atoms with Gasteiger partial charge in [0.1, 0.15) is 5.82 Å². The van der Waals surface area contributed by atoms with Crippen LogP contribution in [0.3, 0.4) is 0 Å². The molecule has 1 N–H and O–H groups in total. The van der Waals surface area contributed by atoms with Gasteiger partial charge in [-0.2, -0.15) is 0 Å². The number of ether oxygens (including phenoxy) is 1. The summed E-state index contributed by atoms with van der Waals surface area (Å²) >= 11 is 3.15. The van der Waals surface area contributed by atoms with Crippen molar-refractivity contribution in [3.8, 4) is 0 Å². The number of nitrogens with one attached hydrogen (secondary N) is 1. The van der Waals surface area contributed by atoms with Crippen molar-refractivity contribution in [2.24, 2.45) is 0 Å². The summed E-state index contributed by atoms with van der Waals surface area (Å²) in [5.74, 6) is -0.998. The highest BCUT2D eigenvalue weighted by Gasteiger charge is 2.14. The van der Waals surface area contributed by atoms with E-state index in [4.69, 9.17) is 4.74 Å². The monoisotopic (exact) mass is 315 g/mol. The highest BCUT2D eigenvalue weighted by atomic mass is 79.9. The smallest absolute Gasteiger partial charge is 0.255 e. The summed E-state index contributed by atoms with van der Waals surface area (Å²) in [6.07, 6.45) is 2.53. The van der Waals surface area contributed by atoms with Crippen molar-refractivity contribution in [1.82, 2.24) is 5.32 Å². The molecule has 1 rings (SSSR count). The Morgan fingerprint density at radius 1 is 1.50 bits per heavy atom. The summed E-state index contributed by atoms with van der Waals surface area (Å²) in [6, 6.07) is 4.41. The number of amides is 1. The number of carbonyl (C=O) groups excluding carboxylic acids is 1. The predicted molar refractivity (Wildman–Crippen MR) is 72.1 cm³/mol. The Morgan fingerprint density at radius 2 is 2.28 bits per heavy atom. The number of hydrogen-bond acceptors (Lipinski definition) is 2. The minimum atomic E-state index is -0.547. The van der Waals surface area contributed by atoms with Gasteiger partial charge in [-0.1, -0.05) is 12.1 Å². The Labute approximate surface area is 114 Å². The molecule has 0 heterocycles. The predicted octanol–water partition coefficient (Wildman–Crippen LogP) is 2.91. The molecule has 0 radical (unpaired) electrons. The normalized spacial score (nSPS) is 10.1. The maximum Gasteiger partial charge on any atom is 0.255 e. The van der Waals surface area contributed by atoms with E-state index in [0.29, 0.717) is 24.2 Å². The maximum atomic E-state index is 13.4. The molecular formula is C13H15BrFNO2. The van der Waals surface area contributed by atoms with Crippen LogP contribution in [-0.2, 0) is 4.74 Å². The molecule has 1 aromatic carbocycles. The van der Waals surface area contributed by atoms with Crippen LogP contribution < -0.4 is 5.32 Å². The van der Waals surface area contributed by atoms with Crippen molar-refractivity contribution in [2.75, 3.05) is 19.8 Å². The Bertz CT molecular complexity index is 403. The van der Waals surface area contributed by atoms with Crippen molar-refractivity contribution >= 4 is 21.8 Å². The Hall–Kier alpha value is -1.20. The summed E-state index contributed by atoms with van der Waals surface area (Å²) < 4.78 is 19.1. The third-order valence-electron chi connectivity index (χ3n) is 2.19. The number of carbonyl (C=O) groups is 1. The third kappa shape index (κ3) is 4.58. The first kappa shape index (κ1) is 14.9. The van der Waals surface area contributed by atoms with Gasteiger partial charge in [-0.05, 0) is 34.5 Å². The Morgan fingerprint density at radius 3 is 2.94 bits per heavy atom. The van der Waals surface area contributed by atoms with E-state index in [2.05, 4.69) is 27.8 Å². The van der Waals surface area contributed by atoms with E-state index in [1.807, 2.05) is 0 Å². The largest absolute Gasteiger partial charge is 0.379 e. The molecule has 0 spiro atoms. The summed E-state index contributed by atoms with van der Waals surface area (Å²) in [7, 11) is 0. The molecule has 0 atom stereocenters. The molecule has 1 aromatic rings. The van der Waals surface area contributed by atoms with Crippen molar-refractivity contribution in [2.45, 2.75) is 6.42 Å². The molecule has 0 saturated carbocycles. The van der Waals surface area contributed by atoms with Crippen molar-refractivity contribution < 1.29 is 13.9 Å². The fourth-order valence-corrected chi connectivity index (χ4v) is 1.83. The fourth-order valence-electron chi connectivity index (χ4n) is 1.31. The molecule has 3 nitrogen and oxygen atoms in total. The van der Waals surface area contributed by atoms with Gasteiger partial charge in [0, 0.05) is 11.0 Å². The second-order valence-electron chi connectivity index (χ2n) is 3.54. The molecule has 0 aliphatic rings. The zero-order valence-corrected chi connectivity index (χ0v) is 11.5. The molecule has 0 unspecified atom stereocenters. The van der Waals surface area contributed by atoms with E-state index in [-0.39, 0.29) is 5.56 Å². The van der Waals surface area contributed by atoms with Crippen molar-refractivity contribution in [3.63, 3.8) is 0 Å². The molecular weight excluding hydrogens is 301 g/mol. The highest BCUT2D eigenvalue weighted by Crippen LogP contribution is 2.19. The molecule has 0 aromatic heterocycles. The Balaban J connectivity index is 2.39. The zero-order valence-electron chi connectivity index (χ0n) is 9.92. The second-order valence-corrected chi connectivity index (χ2v) is 4.40. The van der Waals surface area contributed by atoms with Gasteiger partial charge in [0.05, 0.1) is 18.8 Å². The molecule has 1 amide bonds. The average molecular weight is 316 g/mol. The molecule has 0 aliphatic heterocycles. The zero-order chi connectivity index (χ0) is 13.4. The number of halogens is 2. The van der Waals surface area contributed by atoms with Gasteiger partial charge in [-0.15, -0.1) is 6.58 Å². The first-order valence-electron chi connectivity index (χ1n) is 5.57. The van der Waals surface area contributed by atoms with Crippen LogP contribution >= 0.6 is 15.9 Å². The summed E-state index contributed by atoms with van der Waals surface area (Å²) in [4.78, 5) is 11.7. The lowest BCUT2D eigenvalue weighted by Crippen LogP contribution is -2.28. The molecule has 18 heavy (non-hydrogen) atoms. The van der Waals surface area contributed by atoms with Crippen LogP contribution in [0.25, 0.3) is 0 Å². The van der Waals surface area contributed by atoms with E-state index in [1.54, 1.807) is 12.1 Å². The van der Waals surface area contributed by atoms with E-state index in [1.165, 1.54) is 12.1 Å². The van der Waals surface area contributed by atoms with Gasteiger partial charge < -0.3 is 10.1 Å². The standard InChI is InChI=1S/C13H15BrFNO2/c1-2-3-8-18-9-7-16-13(17)12-10(14)5-4-6-11(12)15/h2,4-6H,1,3,7-9H2,(H,16,17). The van der Waals surface area contributed by atoms with Crippen molar-refractivity contribution in [3.05, 3.63) is 46.7 Å². The lowest BCUT2D eigenvalue weighted by Gasteiger charge is -2.08. The lowest BCUT2D eigenvalue weighted by atomic mass is 10.2. The molecule has 0 aliphatic carbocycles. The van der Waals surface area contributed by atoms with Gasteiger partial charge in [0.25, 0.3) is 5.91 Å². The van der Waals surface area contributed by atoms with E-state index < -0.39 is 11.7 Å². The van der Waals surface area contributed by atoms with Crippen LogP contribution in [0.4, 0.5) is 4.39 Å². The van der Waals surface area contributed by atoms with E-state index in [9.17, 15) is 9.18 Å². The minimum Gasteiger partial charge on any atom is -0.379 e. The number of benzene rings is 1. The number of rotatable bonds is 7. The lowest BCUT2D eigenvalue weighted by molar-refractivity contribution is 0.0913. The number of hydrogen-bond donors (Lipinski definition) is 1. The topological polar surface area (TPSA) is 38.3 Å². The minimum absolute atomic E-state index is 0.0172. The van der Waals surface area contributed by atoms with E-state index in [0.717, 1.165) is 6.42 Å². The van der Waals surface area contributed by atoms with Gasteiger partial charge in [-0.3, -0.25) is 4.79 Å². The molecule has 0 bridgehead atoms. The molecule has 0 fully saturated rings. The van der Waals surface area contributed by atoms with Crippen LogP contribution in [0, 0.1) is 5.82 Å². The van der Waals surface area contributed by atoms with Gasteiger partial charge in [-0.25, -0.2) is 4.39 Å². The van der Waals surface area contributed by atoms with Crippen molar-refractivity contribution in [1.29, 1.82) is 0 Å². The van der Waals surface area contributed by atoms with Gasteiger partial charge in [0.2, 0.25) is 0 Å². The first-order valence-corrected chi connectivity index (χ1v) is 6.37. The van der Waals surface area contributed by atoms with Crippen LogP contribution in [0.1, 0.15) is 16.8 Å². The molecule has 98 valence electrons. The van der Waals surface area contributed by atoms with Crippen LogP contribution in [-0.4, -0.2) is 25.7 Å². The molecule has 0 saturated heterocycles. The maximum absolute atomic E-state index is 13.4. The third-order valence-corrected chi connectivity index (χ3v) is 2.85. The fraction of sp³-hybridized carbons (Fsp3) is 0.308. The van der Waals surface area contributed by atoms with Crippen LogP contribution in [0.2, 0.25) is 0 Å². The Kier molecular flexibility index (Phi) is 6.60. The second kappa shape index (κ2) is 8.00. The summed E-state index contributed by atoms with van der Waals surface area (Å²) in [5.41, 5.74) is 0.0172. The SMILES string of the molecule is C=CCCOCCNC(=O)c1c(F)cccc1Br. The van der Waals surface area contributed by atoms with Gasteiger partial charge >= 0.3 is 0 Å². The summed E-state index contributed by atoms with van der Waals surface area (Å²) in [6.45, 7) is 4.88. The average Bonchev–Trinajstić information content (AvgIpc) is 2.33. The quantitative estimate of drug-likeness (QED) is 0.620. The van der Waals surface area contributed by atoms with E-state index >= 15 is 0 Å². The highest BCUT2D eigenvalue weighted by molar-refractivity contribution is 9.10. The first-order chi connectivity index (χ1) is 8.66. The summed E-state index contributed by atoms with van der Waals surface area (Å²) in [5, 5.41) is 2.60. The van der Waals surface area contributed by atoms with Crippen LogP contribution in [0.15, 0.2) is 35.3 Å². The van der Waals surface area contributed by atoms with Gasteiger partial charge in [0.15, 0.2) is 0 Å².